The second kappa shape index (κ2) is 7.80. The van der Waals surface area contributed by atoms with E-state index in [0.717, 1.165) is 52.7 Å². The maximum atomic E-state index is 6.19. The minimum Gasteiger partial charge on any atom is -0.356 e. The lowest BCUT2D eigenvalue weighted by Crippen LogP contribution is -2.46. The van der Waals surface area contributed by atoms with Gasteiger partial charge in [-0.1, -0.05) is 18.0 Å². The van der Waals surface area contributed by atoms with E-state index in [9.17, 15) is 0 Å². The zero-order valence-electron chi connectivity index (χ0n) is 17.4. The number of nitrogens with zero attached hydrogens (tertiary/aromatic N) is 5. The quantitative estimate of drug-likeness (QED) is 0.491. The Morgan fingerprint density at radius 3 is 2.55 bits per heavy atom. The van der Waals surface area contributed by atoms with Gasteiger partial charge in [0.2, 0.25) is 0 Å². The topological polar surface area (TPSA) is 76.7 Å². The van der Waals surface area contributed by atoms with Crippen molar-refractivity contribution in [1.29, 1.82) is 0 Å². The van der Waals surface area contributed by atoms with Crippen LogP contribution in [0.4, 0.5) is 5.82 Å². The number of anilines is 1. The lowest BCUT2D eigenvalue weighted by molar-refractivity contribution is 0.141. The van der Waals surface area contributed by atoms with Crippen LogP contribution in [0, 0.1) is 0 Å². The fraction of sp³-hybridized carbons (Fsp3) is 0.435. The third-order valence-corrected chi connectivity index (χ3v) is 7.01. The van der Waals surface area contributed by atoms with E-state index < -0.39 is 0 Å². The summed E-state index contributed by atoms with van der Waals surface area (Å²) in [4.78, 5) is 18.1. The number of H-pyrrole nitrogens is 2. The molecule has 0 bridgehead atoms. The number of halogens is 1. The maximum Gasteiger partial charge on any atom is 0.180 e. The predicted molar refractivity (Wildman–Crippen MR) is 125 cm³/mol. The molecule has 0 atom stereocenters. The van der Waals surface area contributed by atoms with Crippen molar-refractivity contribution in [3.63, 3.8) is 0 Å². The number of fused-ring (bicyclic) bond motifs is 2. The van der Waals surface area contributed by atoms with Crippen molar-refractivity contribution in [3.05, 3.63) is 35.4 Å². The fourth-order valence-corrected chi connectivity index (χ4v) is 5.25. The molecule has 0 amide bonds. The summed E-state index contributed by atoms with van der Waals surface area (Å²) in [5, 5.41) is 9.13. The predicted octanol–water partition coefficient (Wildman–Crippen LogP) is 4.61. The minimum atomic E-state index is 0.680. The van der Waals surface area contributed by atoms with E-state index in [-0.39, 0.29) is 0 Å². The van der Waals surface area contributed by atoms with Gasteiger partial charge in [-0.25, -0.2) is 9.97 Å². The molecule has 0 spiro atoms. The van der Waals surface area contributed by atoms with Gasteiger partial charge < -0.3 is 14.8 Å². The number of hydrogen-bond acceptors (Lipinski definition) is 5. The van der Waals surface area contributed by atoms with E-state index in [1.54, 1.807) is 0 Å². The number of rotatable bonds is 3. The molecule has 160 valence electrons. The van der Waals surface area contributed by atoms with E-state index in [2.05, 4.69) is 37.1 Å². The smallest absolute Gasteiger partial charge is 0.180 e. The van der Waals surface area contributed by atoms with Gasteiger partial charge in [0.05, 0.1) is 11.0 Å². The van der Waals surface area contributed by atoms with Crippen LogP contribution in [0.15, 0.2) is 30.3 Å². The number of hydrogen-bond donors (Lipinski definition) is 2. The van der Waals surface area contributed by atoms with Crippen LogP contribution >= 0.6 is 11.6 Å². The molecule has 6 rings (SSSR count). The summed E-state index contributed by atoms with van der Waals surface area (Å²) in [6, 6.07) is 10.6. The van der Waals surface area contributed by atoms with Crippen LogP contribution in [0.1, 0.15) is 32.1 Å². The van der Waals surface area contributed by atoms with Crippen LogP contribution < -0.4 is 4.90 Å². The Balaban J connectivity index is 1.23. The highest BCUT2D eigenvalue weighted by Gasteiger charge is 2.26. The van der Waals surface area contributed by atoms with E-state index in [4.69, 9.17) is 21.6 Å². The molecule has 2 aliphatic rings. The first kappa shape index (κ1) is 19.1. The lowest BCUT2D eigenvalue weighted by atomic mass is 10.00. The molecular formula is C23H26ClN7. The Kier molecular flexibility index (Phi) is 4.80. The highest BCUT2D eigenvalue weighted by Crippen LogP contribution is 2.29. The Morgan fingerprint density at radius 2 is 1.71 bits per heavy atom. The largest absolute Gasteiger partial charge is 0.356 e. The number of benzene rings is 1. The number of aromatic amines is 2. The number of piperidine rings is 2. The van der Waals surface area contributed by atoms with Crippen LogP contribution in [0.3, 0.4) is 0 Å². The monoisotopic (exact) mass is 435 g/mol. The van der Waals surface area contributed by atoms with Crippen molar-refractivity contribution >= 4 is 39.5 Å². The molecule has 5 heterocycles. The molecule has 2 aliphatic heterocycles. The van der Waals surface area contributed by atoms with Crippen LogP contribution in [0.5, 0.6) is 0 Å². The van der Waals surface area contributed by atoms with Gasteiger partial charge in [-0.3, -0.25) is 5.10 Å². The van der Waals surface area contributed by atoms with Gasteiger partial charge in [0.25, 0.3) is 0 Å². The molecule has 8 heteroatoms. The molecule has 4 aromatic rings. The SMILES string of the molecule is Clc1ccc2[nH]nc(-c3nc4nc(N5CCC(N6CCCCC6)CC5)ccc4[nH]3)c2c1. The molecule has 2 fully saturated rings. The molecule has 0 radical (unpaired) electrons. The molecule has 7 nitrogen and oxygen atoms in total. The Morgan fingerprint density at radius 1 is 0.903 bits per heavy atom. The summed E-state index contributed by atoms with van der Waals surface area (Å²) in [6.45, 7) is 4.66. The Bertz CT molecular complexity index is 1220. The number of nitrogens with one attached hydrogen (secondary N) is 2. The van der Waals surface area contributed by atoms with Gasteiger partial charge in [0.15, 0.2) is 11.5 Å². The van der Waals surface area contributed by atoms with Gasteiger partial charge in [0, 0.05) is 29.5 Å². The second-order valence-corrected chi connectivity index (χ2v) is 9.14. The summed E-state index contributed by atoms with van der Waals surface area (Å²) < 4.78 is 0. The van der Waals surface area contributed by atoms with Crippen molar-refractivity contribution < 1.29 is 0 Å². The highest BCUT2D eigenvalue weighted by molar-refractivity contribution is 6.31. The van der Waals surface area contributed by atoms with E-state index in [1.807, 2.05) is 18.2 Å². The normalized spacial score (nSPS) is 18.9. The number of likely N-dealkylation sites (tertiary alicyclic amines) is 1. The average Bonchev–Trinajstić information content (AvgIpc) is 3.42. The van der Waals surface area contributed by atoms with Gasteiger partial charge >= 0.3 is 0 Å². The molecule has 0 saturated carbocycles. The summed E-state index contributed by atoms with van der Waals surface area (Å²) in [5.41, 5.74) is 3.34. The summed E-state index contributed by atoms with van der Waals surface area (Å²) >= 11 is 6.19. The highest BCUT2D eigenvalue weighted by atomic mass is 35.5. The molecule has 2 saturated heterocycles. The Hall–Kier alpha value is -2.64. The summed E-state index contributed by atoms with van der Waals surface area (Å²) in [5.74, 6) is 1.72. The van der Waals surface area contributed by atoms with Crippen molar-refractivity contribution in [2.45, 2.75) is 38.1 Å². The van der Waals surface area contributed by atoms with Crippen molar-refractivity contribution in [1.82, 2.24) is 30.0 Å². The first-order valence-electron chi connectivity index (χ1n) is 11.2. The van der Waals surface area contributed by atoms with Crippen LogP contribution in [-0.4, -0.2) is 62.3 Å². The van der Waals surface area contributed by atoms with Crippen molar-refractivity contribution in [2.24, 2.45) is 0 Å². The average molecular weight is 436 g/mol. The second-order valence-electron chi connectivity index (χ2n) is 8.70. The van der Waals surface area contributed by atoms with E-state index in [1.165, 1.54) is 45.2 Å². The molecular weight excluding hydrogens is 410 g/mol. The number of aromatic nitrogens is 5. The van der Waals surface area contributed by atoms with Gasteiger partial charge in [-0.05, 0) is 69.1 Å². The first-order chi connectivity index (χ1) is 15.2. The molecule has 31 heavy (non-hydrogen) atoms. The zero-order chi connectivity index (χ0) is 20.8. The number of pyridine rings is 1. The van der Waals surface area contributed by atoms with Crippen LogP contribution in [-0.2, 0) is 0 Å². The van der Waals surface area contributed by atoms with Crippen molar-refractivity contribution in [2.75, 3.05) is 31.1 Å². The summed E-state index contributed by atoms with van der Waals surface area (Å²) in [7, 11) is 0. The summed E-state index contributed by atoms with van der Waals surface area (Å²) in [6.07, 6.45) is 6.54. The molecule has 2 N–H and O–H groups in total. The van der Waals surface area contributed by atoms with Gasteiger partial charge in [0.1, 0.15) is 11.5 Å². The molecule has 0 aliphatic carbocycles. The lowest BCUT2D eigenvalue weighted by Gasteiger charge is -2.40. The van der Waals surface area contributed by atoms with E-state index in [0.29, 0.717) is 10.8 Å². The van der Waals surface area contributed by atoms with Crippen LogP contribution in [0.25, 0.3) is 33.6 Å². The van der Waals surface area contributed by atoms with Crippen molar-refractivity contribution in [3.8, 4) is 11.5 Å². The molecule has 1 aromatic carbocycles. The van der Waals surface area contributed by atoms with E-state index >= 15 is 0 Å². The molecule has 0 unspecified atom stereocenters. The minimum absolute atomic E-state index is 0.680. The fourth-order valence-electron chi connectivity index (χ4n) is 5.08. The van der Waals surface area contributed by atoms with Crippen LogP contribution in [0.2, 0.25) is 5.02 Å². The third-order valence-electron chi connectivity index (χ3n) is 6.78. The maximum absolute atomic E-state index is 6.19. The zero-order valence-corrected chi connectivity index (χ0v) is 18.2. The first-order valence-corrected chi connectivity index (χ1v) is 11.6. The standard InChI is InChI=1S/C23H26ClN7/c24-15-4-5-18-17(14-15)21(29-28-18)23-25-19-6-7-20(26-22(19)27-23)31-12-8-16(9-13-31)30-10-2-1-3-11-30/h4-7,14,16H,1-3,8-13H2,(H,28,29)(H,25,26,27). The van der Waals surface area contributed by atoms with Gasteiger partial charge in [-0.2, -0.15) is 5.10 Å². The molecule has 3 aromatic heterocycles. The Labute approximate surface area is 185 Å². The third kappa shape index (κ3) is 3.55. The number of imidazole rings is 1. The van der Waals surface area contributed by atoms with Gasteiger partial charge in [-0.15, -0.1) is 0 Å².